The fourth-order valence-electron chi connectivity index (χ4n) is 7.88. The Morgan fingerprint density at radius 1 is 0.284 bits per heavy atom. The van der Waals surface area contributed by atoms with Crippen molar-refractivity contribution in [1.82, 2.24) is 0 Å². The van der Waals surface area contributed by atoms with E-state index >= 15 is 0 Å². The lowest BCUT2D eigenvalue weighted by molar-refractivity contribution is -0.167. The fourth-order valence-corrected chi connectivity index (χ4v) is 7.88. The summed E-state index contributed by atoms with van der Waals surface area (Å²) in [4.78, 5) is 38.0. The lowest BCUT2D eigenvalue weighted by Crippen LogP contribution is -2.30. The van der Waals surface area contributed by atoms with E-state index in [-0.39, 0.29) is 31.1 Å². The van der Waals surface area contributed by atoms with Crippen molar-refractivity contribution < 1.29 is 28.6 Å². The Hall–Kier alpha value is -4.45. The molecule has 6 nitrogen and oxygen atoms in total. The van der Waals surface area contributed by atoms with Gasteiger partial charge in [-0.1, -0.05) is 251 Å². The van der Waals surface area contributed by atoms with Crippen molar-refractivity contribution >= 4 is 17.9 Å². The Morgan fingerprint density at radius 2 is 0.527 bits per heavy atom. The lowest BCUT2D eigenvalue weighted by Gasteiger charge is -2.18. The molecule has 74 heavy (non-hydrogen) atoms. The van der Waals surface area contributed by atoms with Crippen LogP contribution < -0.4 is 0 Å². The predicted molar refractivity (Wildman–Crippen MR) is 320 cm³/mol. The molecule has 0 N–H and O–H groups in total. The molecule has 0 saturated heterocycles. The molecule has 1 atom stereocenters. The highest BCUT2D eigenvalue weighted by molar-refractivity contribution is 5.71. The van der Waals surface area contributed by atoms with Gasteiger partial charge in [-0.05, 0) is 122 Å². The summed E-state index contributed by atoms with van der Waals surface area (Å²) in [6.45, 7) is 6.44. The van der Waals surface area contributed by atoms with Crippen molar-refractivity contribution in [3.63, 3.8) is 0 Å². The van der Waals surface area contributed by atoms with Crippen LogP contribution in [0, 0.1) is 0 Å². The van der Waals surface area contributed by atoms with Gasteiger partial charge in [-0.25, -0.2) is 0 Å². The minimum absolute atomic E-state index is 0.0968. The average molecular weight is 1020 g/mol. The van der Waals surface area contributed by atoms with Crippen LogP contribution in [0.25, 0.3) is 0 Å². The van der Waals surface area contributed by atoms with E-state index in [1.54, 1.807) is 0 Å². The van der Waals surface area contributed by atoms with E-state index in [1.165, 1.54) is 83.5 Å². The largest absolute Gasteiger partial charge is 0.462 e. The second kappa shape index (κ2) is 61.1. The summed E-state index contributed by atoms with van der Waals surface area (Å²) in [7, 11) is 0. The molecule has 0 aliphatic rings. The molecule has 0 radical (unpaired) electrons. The van der Waals surface area contributed by atoms with Gasteiger partial charge in [0.2, 0.25) is 0 Å². The molecule has 0 aliphatic heterocycles. The molecule has 0 aromatic heterocycles. The van der Waals surface area contributed by atoms with Gasteiger partial charge in [-0.2, -0.15) is 0 Å². The first-order valence-electron chi connectivity index (χ1n) is 30.2. The van der Waals surface area contributed by atoms with Crippen molar-refractivity contribution in [3.8, 4) is 0 Å². The molecular formula is C68H110O6. The first-order chi connectivity index (χ1) is 36.5. The maximum Gasteiger partial charge on any atom is 0.306 e. The molecule has 0 heterocycles. The molecule has 0 saturated carbocycles. The predicted octanol–water partition coefficient (Wildman–Crippen LogP) is 20.6. The lowest BCUT2D eigenvalue weighted by atomic mass is 10.1. The van der Waals surface area contributed by atoms with E-state index in [9.17, 15) is 14.4 Å². The number of unbranched alkanes of at least 4 members (excludes halogenated alkanes) is 20. The number of hydrogen-bond donors (Lipinski definition) is 0. The number of carbonyl (C=O) groups excluding carboxylic acids is 3. The summed E-state index contributed by atoms with van der Waals surface area (Å²) in [5.74, 6) is -0.959. The maximum absolute atomic E-state index is 12.8. The maximum atomic E-state index is 12.8. The molecule has 0 amide bonds. The second-order valence-electron chi connectivity index (χ2n) is 19.5. The van der Waals surface area contributed by atoms with Crippen LogP contribution in [0.4, 0.5) is 0 Å². The van der Waals surface area contributed by atoms with Crippen LogP contribution in [0.1, 0.15) is 258 Å². The number of carbonyl (C=O) groups is 3. The van der Waals surface area contributed by atoms with Gasteiger partial charge in [-0.3, -0.25) is 14.4 Å². The Morgan fingerprint density at radius 3 is 0.865 bits per heavy atom. The van der Waals surface area contributed by atoms with Gasteiger partial charge in [0.1, 0.15) is 13.2 Å². The van der Waals surface area contributed by atoms with Crippen molar-refractivity contribution in [3.05, 3.63) is 134 Å². The van der Waals surface area contributed by atoms with Crippen molar-refractivity contribution in [1.29, 1.82) is 0 Å². The van der Waals surface area contributed by atoms with Crippen LogP contribution >= 0.6 is 0 Å². The summed E-state index contributed by atoms with van der Waals surface area (Å²) in [5, 5.41) is 0. The second-order valence-corrected chi connectivity index (χ2v) is 19.5. The third kappa shape index (κ3) is 58.4. The van der Waals surface area contributed by atoms with E-state index in [2.05, 4.69) is 154 Å². The number of rotatable bonds is 53. The number of allylic oxidation sites excluding steroid dienone is 22. The van der Waals surface area contributed by atoms with E-state index in [0.29, 0.717) is 25.7 Å². The fraction of sp³-hybridized carbons (Fsp3) is 0.632. The number of esters is 3. The third-order valence-corrected chi connectivity index (χ3v) is 12.4. The van der Waals surface area contributed by atoms with Gasteiger partial charge in [0.05, 0.1) is 0 Å². The smallest absolute Gasteiger partial charge is 0.306 e. The standard InChI is InChI=1S/C68H110O6/c1-4-7-10-13-16-19-21-23-25-26-27-28-29-30-31-32-33-34-35-36-37-38-39-40-41-42-44-45-47-49-52-55-58-61-67(70)73-64-65(63-72-66(69)60-57-54-51-18-15-12-9-6-3)74-68(71)62-59-56-53-50-48-46-43-24-22-20-17-14-11-8-5-2/h7,10,16,19,23-25,27-28,30-31,33-34,36-37,39-40,42-44,47,49,65H,4-6,8-9,11-15,17-18,20-22,26,29,32,35,38,41,45-46,48,50-64H2,1-3H3/b10-7-,19-16-,25-23-,28-27-,31-30-,34-33-,37-36-,40-39-,43-24-,44-42-,49-47-. The highest BCUT2D eigenvalue weighted by Crippen LogP contribution is 2.14. The highest BCUT2D eigenvalue weighted by atomic mass is 16.6. The van der Waals surface area contributed by atoms with Gasteiger partial charge < -0.3 is 14.2 Å². The van der Waals surface area contributed by atoms with E-state index in [4.69, 9.17) is 14.2 Å². The zero-order valence-corrected chi connectivity index (χ0v) is 47.8. The Bertz CT molecular complexity index is 1600. The minimum atomic E-state index is -0.801. The monoisotopic (exact) mass is 1020 g/mol. The SMILES string of the molecule is CC/C=C\C/C=C\C/C=C\C/C=C\C/C=C\C/C=C\C/C=C\C/C=C\C/C=C\C/C=C\CCCCC(=O)OCC(COC(=O)CCCCCCCCCC)OC(=O)CCCCCCC/C=C\CCCCCCCC. The quantitative estimate of drug-likeness (QED) is 0.0261. The van der Waals surface area contributed by atoms with Crippen molar-refractivity contribution in [2.45, 2.75) is 264 Å². The Kier molecular flexibility index (Phi) is 57.4. The van der Waals surface area contributed by atoms with Crippen molar-refractivity contribution in [2.75, 3.05) is 13.2 Å². The molecule has 0 aromatic carbocycles. The van der Waals surface area contributed by atoms with Crippen molar-refractivity contribution in [2.24, 2.45) is 0 Å². The first-order valence-corrected chi connectivity index (χ1v) is 30.2. The van der Waals surface area contributed by atoms with Crippen LogP contribution in [-0.2, 0) is 28.6 Å². The highest BCUT2D eigenvalue weighted by Gasteiger charge is 2.19. The molecule has 0 bridgehead atoms. The van der Waals surface area contributed by atoms with Crippen LogP contribution in [0.2, 0.25) is 0 Å². The molecule has 418 valence electrons. The van der Waals surface area contributed by atoms with E-state index < -0.39 is 6.10 Å². The van der Waals surface area contributed by atoms with Gasteiger partial charge in [-0.15, -0.1) is 0 Å². The zero-order valence-electron chi connectivity index (χ0n) is 47.8. The Balaban J connectivity index is 4.28. The average Bonchev–Trinajstić information content (AvgIpc) is 3.40. The molecule has 0 fully saturated rings. The first kappa shape index (κ1) is 69.5. The summed E-state index contributed by atoms with van der Waals surface area (Å²) >= 11 is 0. The summed E-state index contributed by atoms with van der Waals surface area (Å²) in [6, 6.07) is 0. The van der Waals surface area contributed by atoms with Gasteiger partial charge >= 0.3 is 17.9 Å². The zero-order chi connectivity index (χ0) is 53.6. The third-order valence-electron chi connectivity index (χ3n) is 12.4. The topological polar surface area (TPSA) is 78.9 Å². The molecule has 0 aromatic rings. The minimum Gasteiger partial charge on any atom is -0.462 e. The number of hydrogen-bond acceptors (Lipinski definition) is 6. The van der Waals surface area contributed by atoms with Gasteiger partial charge in [0, 0.05) is 19.3 Å². The Labute approximate surface area is 455 Å². The van der Waals surface area contributed by atoms with E-state index in [0.717, 1.165) is 128 Å². The molecule has 1 unspecified atom stereocenters. The van der Waals surface area contributed by atoms with Gasteiger partial charge in [0.25, 0.3) is 0 Å². The molecule has 0 spiro atoms. The summed E-state index contributed by atoms with van der Waals surface area (Å²) < 4.78 is 16.8. The van der Waals surface area contributed by atoms with E-state index in [1.807, 2.05) is 0 Å². The van der Waals surface area contributed by atoms with Gasteiger partial charge in [0.15, 0.2) is 6.10 Å². The van der Waals surface area contributed by atoms with Crippen LogP contribution in [0.3, 0.4) is 0 Å². The molecule has 0 rings (SSSR count). The molecule has 0 aliphatic carbocycles. The molecule has 6 heteroatoms. The summed E-state index contributed by atoms with van der Waals surface area (Å²) in [6.07, 6.45) is 86.1. The molecular weight excluding hydrogens is 913 g/mol. The van der Waals surface area contributed by atoms with Crippen LogP contribution in [-0.4, -0.2) is 37.2 Å². The summed E-state index contributed by atoms with van der Waals surface area (Å²) in [5.41, 5.74) is 0. The normalized spacial score (nSPS) is 13.1. The number of ether oxygens (including phenoxy) is 3. The van der Waals surface area contributed by atoms with Crippen LogP contribution in [0.15, 0.2) is 134 Å². The van der Waals surface area contributed by atoms with Crippen LogP contribution in [0.5, 0.6) is 0 Å².